The zero-order chi connectivity index (χ0) is 9.61. The van der Waals surface area contributed by atoms with Gasteiger partial charge in [-0.05, 0) is 13.3 Å². The van der Waals surface area contributed by atoms with Gasteiger partial charge in [0.15, 0.2) is 7.28 Å². The number of unbranched alkanes of at least 4 members (excludes halogenated alkanes) is 1. The Balaban J connectivity index is 3.69. The lowest BCUT2D eigenvalue weighted by Gasteiger charge is -2.21. The van der Waals surface area contributed by atoms with Crippen LogP contribution in [0.1, 0.15) is 53.4 Å². The number of hydrogen-bond acceptors (Lipinski definition) is 0. The van der Waals surface area contributed by atoms with E-state index >= 15 is 0 Å². The van der Waals surface area contributed by atoms with Crippen LogP contribution in [0.4, 0.5) is 4.39 Å². The Morgan fingerprint density at radius 1 is 1.42 bits per heavy atom. The molecule has 0 radical (unpaired) electrons. The third-order valence-electron chi connectivity index (χ3n) is 2.52. The minimum absolute atomic E-state index is 0.525. The van der Waals surface area contributed by atoms with Crippen LogP contribution in [0.2, 0.25) is 5.82 Å². The third-order valence-corrected chi connectivity index (χ3v) is 2.52. The van der Waals surface area contributed by atoms with Gasteiger partial charge in [0.1, 0.15) is 0 Å². The fraction of sp³-hybridized carbons (Fsp3) is 1.00. The summed E-state index contributed by atoms with van der Waals surface area (Å²) in [6.45, 7) is 8.11. The molecule has 0 aliphatic carbocycles. The molecule has 0 rings (SSSR count). The second-order valence-electron chi connectivity index (χ2n) is 4.23. The maximum atomic E-state index is 13.7. The van der Waals surface area contributed by atoms with Gasteiger partial charge in [0, 0.05) is 0 Å². The maximum absolute atomic E-state index is 13.7. The van der Waals surface area contributed by atoms with E-state index in [4.69, 9.17) is 0 Å². The van der Waals surface area contributed by atoms with Gasteiger partial charge in [0.05, 0.1) is 5.57 Å². The first kappa shape index (κ1) is 12.0. The average molecular weight is 172 g/mol. The lowest BCUT2D eigenvalue weighted by Crippen LogP contribution is -2.29. The van der Waals surface area contributed by atoms with Crippen molar-refractivity contribution in [3.05, 3.63) is 0 Å². The highest BCUT2D eigenvalue weighted by Gasteiger charge is 2.25. The van der Waals surface area contributed by atoms with Crippen LogP contribution in [0.3, 0.4) is 0 Å². The Labute approximate surface area is 77.2 Å². The molecule has 0 amide bonds. The molecular weight excluding hydrogens is 150 g/mol. The molecule has 0 aromatic heterocycles. The summed E-state index contributed by atoms with van der Waals surface area (Å²) in [6.07, 6.45) is 3.93. The quantitative estimate of drug-likeness (QED) is 0.537. The normalized spacial score (nSPS) is 18.4. The standard InChI is InChI=1S/C10H22BF/c1-5-7-8-10(4,12)11-9(3)6-2/h9,11H,5-8H2,1-4H3. The van der Waals surface area contributed by atoms with Crippen LogP contribution in [0, 0.1) is 0 Å². The Morgan fingerprint density at radius 2 is 2.00 bits per heavy atom. The Kier molecular flexibility index (Phi) is 5.61. The van der Waals surface area contributed by atoms with Crippen LogP contribution in [-0.2, 0) is 0 Å². The third kappa shape index (κ3) is 5.62. The molecule has 0 saturated heterocycles. The number of hydrogen-bond donors (Lipinski definition) is 0. The molecule has 0 aromatic rings. The van der Waals surface area contributed by atoms with Gasteiger partial charge >= 0.3 is 0 Å². The minimum atomic E-state index is -0.925. The van der Waals surface area contributed by atoms with Gasteiger partial charge in [-0.1, -0.05) is 45.9 Å². The number of halogens is 1. The summed E-state index contributed by atoms with van der Waals surface area (Å²) >= 11 is 0. The zero-order valence-corrected chi connectivity index (χ0v) is 8.99. The Hall–Kier alpha value is -0.00506. The molecule has 0 nitrogen and oxygen atoms in total. The summed E-state index contributed by atoms with van der Waals surface area (Å²) in [7, 11) is 0.726. The zero-order valence-electron chi connectivity index (χ0n) is 8.99. The summed E-state index contributed by atoms with van der Waals surface area (Å²) < 4.78 is 13.7. The average Bonchev–Trinajstić information content (AvgIpc) is 2.00. The molecule has 2 atom stereocenters. The summed E-state index contributed by atoms with van der Waals surface area (Å²) in [4.78, 5) is 0. The largest absolute Gasteiger partial charge is 0.254 e. The van der Waals surface area contributed by atoms with Gasteiger partial charge in [0.2, 0.25) is 0 Å². The Morgan fingerprint density at radius 3 is 2.42 bits per heavy atom. The van der Waals surface area contributed by atoms with Gasteiger partial charge in [-0.25, -0.2) is 0 Å². The maximum Gasteiger partial charge on any atom is 0.171 e. The summed E-state index contributed by atoms with van der Waals surface area (Å²) in [6, 6.07) is 0. The lowest BCUT2D eigenvalue weighted by atomic mass is 9.52. The fourth-order valence-corrected chi connectivity index (χ4v) is 1.52. The molecular formula is C10H22BF. The van der Waals surface area contributed by atoms with E-state index in [0.29, 0.717) is 5.82 Å². The van der Waals surface area contributed by atoms with Crippen molar-refractivity contribution in [3.8, 4) is 0 Å². The molecule has 0 fully saturated rings. The van der Waals surface area contributed by atoms with E-state index in [0.717, 1.165) is 33.0 Å². The van der Waals surface area contributed by atoms with E-state index in [1.807, 2.05) is 0 Å². The lowest BCUT2D eigenvalue weighted by molar-refractivity contribution is 0.271. The summed E-state index contributed by atoms with van der Waals surface area (Å²) in [5.74, 6) is 0.525. The van der Waals surface area contributed by atoms with Crippen molar-refractivity contribution in [3.63, 3.8) is 0 Å². The van der Waals surface area contributed by atoms with Crippen molar-refractivity contribution in [1.82, 2.24) is 0 Å². The number of rotatable bonds is 6. The molecule has 0 saturated carbocycles. The van der Waals surface area contributed by atoms with Crippen LogP contribution in [0.5, 0.6) is 0 Å². The molecule has 0 aliphatic heterocycles. The first-order valence-corrected chi connectivity index (χ1v) is 5.20. The molecule has 0 spiro atoms. The topological polar surface area (TPSA) is 0 Å². The Bertz CT molecular complexity index is 112. The van der Waals surface area contributed by atoms with Crippen LogP contribution < -0.4 is 0 Å². The molecule has 0 heterocycles. The first-order valence-electron chi connectivity index (χ1n) is 5.20. The van der Waals surface area contributed by atoms with Crippen molar-refractivity contribution in [1.29, 1.82) is 0 Å². The molecule has 2 heteroatoms. The molecule has 0 N–H and O–H groups in total. The van der Waals surface area contributed by atoms with Crippen molar-refractivity contribution in [2.75, 3.05) is 0 Å². The van der Waals surface area contributed by atoms with Gasteiger partial charge in [-0.15, -0.1) is 0 Å². The highest BCUT2D eigenvalue weighted by atomic mass is 19.1. The SMILES string of the molecule is CCCCC(C)(F)BC(C)CC. The predicted octanol–water partition coefficient (Wildman–Crippen LogP) is 3.52. The van der Waals surface area contributed by atoms with Gasteiger partial charge in [-0.3, -0.25) is 4.39 Å². The second kappa shape index (κ2) is 5.61. The van der Waals surface area contributed by atoms with Crippen LogP contribution in [0.25, 0.3) is 0 Å². The smallest absolute Gasteiger partial charge is 0.171 e. The van der Waals surface area contributed by atoms with Crippen LogP contribution in [0.15, 0.2) is 0 Å². The van der Waals surface area contributed by atoms with Crippen molar-refractivity contribution < 1.29 is 4.39 Å². The van der Waals surface area contributed by atoms with E-state index in [-0.39, 0.29) is 0 Å². The minimum Gasteiger partial charge on any atom is -0.254 e. The van der Waals surface area contributed by atoms with E-state index in [1.54, 1.807) is 6.92 Å². The first-order chi connectivity index (χ1) is 5.52. The molecule has 0 bridgehead atoms. The predicted molar refractivity (Wildman–Crippen MR) is 55.9 cm³/mol. The van der Waals surface area contributed by atoms with Gasteiger partial charge < -0.3 is 0 Å². The van der Waals surface area contributed by atoms with E-state index in [9.17, 15) is 4.39 Å². The second-order valence-corrected chi connectivity index (χ2v) is 4.23. The van der Waals surface area contributed by atoms with Crippen molar-refractivity contribution in [2.24, 2.45) is 0 Å². The van der Waals surface area contributed by atoms with Crippen molar-refractivity contribution in [2.45, 2.75) is 64.8 Å². The van der Waals surface area contributed by atoms with Crippen LogP contribution in [-0.4, -0.2) is 12.8 Å². The van der Waals surface area contributed by atoms with E-state index < -0.39 is 5.57 Å². The molecule has 0 aliphatic rings. The number of alkyl halides is 1. The van der Waals surface area contributed by atoms with E-state index in [2.05, 4.69) is 20.8 Å². The fourth-order valence-electron chi connectivity index (χ4n) is 1.52. The van der Waals surface area contributed by atoms with Gasteiger partial charge in [0.25, 0.3) is 0 Å². The van der Waals surface area contributed by atoms with Crippen LogP contribution >= 0.6 is 0 Å². The summed E-state index contributed by atoms with van der Waals surface area (Å²) in [5.41, 5.74) is -0.925. The van der Waals surface area contributed by atoms with Crippen molar-refractivity contribution >= 4 is 7.28 Å². The monoisotopic (exact) mass is 172 g/mol. The molecule has 0 aromatic carbocycles. The molecule has 12 heavy (non-hydrogen) atoms. The molecule has 72 valence electrons. The molecule has 2 unspecified atom stereocenters. The summed E-state index contributed by atoms with van der Waals surface area (Å²) in [5, 5.41) is 0. The highest BCUT2D eigenvalue weighted by molar-refractivity contribution is 6.41. The van der Waals surface area contributed by atoms with E-state index in [1.165, 1.54) is 0 Å². The van der Waals surface area contributed by atoms with Gasteiger partial charge in [-0.2, -0.15) is 0 Å². The highest BCUT2D eigenvalue weighted by Crippen LogP contribution is 2.23.